The van der Waals surface area contributed by atoms with Crippen molar-refractivity contribution in [1.82, 2.24) is 5.32 Å². The van der Waals surface area contributed by atoms with Crippen molar-refractivity contribution in [3.05, 3.63) is 68.0 Å². The summed E-state index contributed by atoms with van der Waals surface area (Å²) in [6.07, 6.45) is 4.11. The van der Waals surface area contributed by atoms with Crippen LogP contribution in [0.1, 0.15) is 44.4 Å². The molecule has 166 valence electrons. The Bertz CT molecular complexity index is 1210. The number of carbonyl (C=O) groups is 1. The number of nitrogens with zero attached hydrogens (tertiary/aromatic N) is 2. The number of amides is 1. The van der Waals surface area contributed by atoms with Gasteiger partial charge in [-0.15, -0.1) is 0 Å². The maximum Gasteiger partial charge on any atom is 0.264 e. The van der Waals surface area contributed by atoms with Crippen molar-refractivity contribution in [2.24, 2.45) is 4.99 Å². The second kappa shape index (κ2) is 8.62. The van der Waals surface area contributed by atoms with Crippen LogP contribution in [0.4, 0.5) is 11.4 Å². The number of halogens is 2. The molecular weight excluding hydrogens is 461 g/mol. The number of allylic oxidation sites excluding steroid dienone is 1. The zero-order chi connectivity index (χ0) is 23.2. The van der Waals surface area contributed by atoms with E-state index in [1.54, 1.807) is 0 Å². The number of carbonyl (C=O) groups excluding carboxylic acids is 1. The molecule has 0 saturated carbocycles. The first kappa shape index (κ1) is 23.0. The molecule has 1 N–H and O–H groups in total. The van der Waals surface area contributed by atoms with E-state index in [0.29, 0.717) is 20.1 Å². The Labute approximate surface area is 203 Å². The summed E-state index contributed by atoms with van der Waals surface area (Å²) >= 11 is 14.2. The van der Waals surface area contributed by atoms with Gasteiger partial charge in [0.15, 0.2) is 5.17 Å². The van der Waals surface area contributed by atoms with Crippen molar-refractivity contribution in [2.75, 3.05) is 11.4 Å². The Morgan fingerprint density at radius 2 is 1.94 bits per heavy atom. The number of likely N-dealkylation sites (N-methyl/N-ethyl adjacent to an activating group) is 1. The number of aliphatic imine (C=N–C) groups is 1. The minimum Gasteiger partial charge on any atom is -0.363 e. The van der Waals surface area contributed by atoms with E-state index < -0.39 is 0 Å². The summed E-state index contributed by atoms with van der Waals surface area (Å²) < 4.78 is 0. The molecule has 0 aromatic heterocycles. The molecule has 0 radical (unpaired) electrons. The Hall–Kier alpha value is -2.21. The number of nitrogens with one attached hydrogen (secondary N) is 1. The fourth-order valence-electron chi connectivity index (χ4n) is 4.25. The second-order valence-electron chi connectivity index (χ2n) is 8.48. The molecular formula is C25H25Cl2N3OS. The van der Waals surface area contributed by atoms with Gasteiger partial charge in [-0.2, -0.15) is 0 Å². The Morgan fingerprint density at radius 1 is 1.19 bits per heavy atom. The van der Waals surface area contributed by atoms with E-state index >= 15 is 0 Å². The quantitative estimate of drug-likeness (QED) is 0.466. The average Bonchev–Trinajstić information content (AvgIpc) is 3.05. The third-order valence-corrected chi connectivity index (χ3v) is 7.46. The minimum atomic E-state index is -0.189. The third-order valence-electron chi connectivity index (χ3n) is 5.81. The molecule has 2 aromatic carbocycles. The molecule has 2 aromatic rings. The van der Waals surface area contributed by atoms with Gasteiger partial charge in [-0.1, -0.05) is 35.3 Å². The summed E-state index contributed by atoms with van der Waals surface area (Å²) in [5.41, 5.74) is 5.79. The molecule has 2 aliphatic heterocycles. The molecule has 2 aliphatic rings. The fourth-order valence-corrected chi connectivity index (χ4v) is 5.46. The average molecular weight is 486 g/mol. The number of anilines is 1. The highest BCUT2D eigenvalue weighted by Gasteiger charge is 2.31. The van der Waals surface area contributed by atoms with Crippen LogP contribution >= 0.6 is 35.0 Å². The summed E-state index contributed by atoms with van der Waals surface area (Å²) in [5, 5.41) is 4.62. The molecule has 0 unspecified atom stereocenters. The molecule has 4 rings (SSSR count). The molecule has 1 amide bonds. The Morgan fingerprint density at radius 3 is 2.66 bits per heavy atom. The van der Waals surface area contributed by atoms with Crippen LogP contribution in [0.2, 0.25) is 10.0 Å². The number of hydrogen-bond donors (Lipinski definition) is 1. The van der Waals surface area contributed by atoms with Crippen molar-refractivity contribution < 1.29 is 4.79 Å². The summed E-state index contributed by atoms with van der Waals surface area (Å²) in [6.45, 7) is 11.5. The highest BCUT2D eigenvalue weighted by Crippen LogP contribution is 2.42. The van der Waals surface area contributed by atoms with Crippen LogP contribution < -0.4 is 10.2 Å². The zero-order valence-corrected chi connectivity index (χ0v) is 21.0. The number of thioether (sulfide) groups is 1. The summed E-state index contributed by atoms with van der Waals surface area (Å²) in [4.78, 5) is 20.1. The molecule has 0 spiro atoms. The van der Waals surface area contributed by atoms with Gasteiger partial charge >= 0.3 is 0 Å². The molecule has 0 aliphatic carbocycles. The topological polar surface area (TPSA) is 44.7 Å². The first-order chi connectivity index (χ1) is 15.1. The zero-order valence-electron chi connectivity index (χ0n) is 18.7. The number of benzene rings is 2. The lowest BCUT2D eigenvalue weighted by Crippen LogP contribution is -2.44. The van der Waals surface area contributed by atoms with Gasteiger partial charge in [-0.25, -0.2) is 4.99 Å². The van der Waals surface area contributed by atoms with Gasteiger partial charge in [0.2, 0.25) is 0 Å². The molecule has 1 saturated heterocycles. The largest absolute Gasteiger partial charge is 0.363 e. The van der Waals surface area contributed by atoms with Crippen LogP contribution in [0, 0.1) is 6.92 Å². The van der Waals surface area contributed by atoms with E-state index in [1.807, 2.05) is 37.3 Å². The third kappa shape index (κ3) is 4.21. The second-order valence-corrected chi connectivity index (χ2v) is 10.3. The van der Waals surface area contributed by atoms with Crippen LogP contribution in [0.3, 0.4) is 0 Å². The Kier molecular flexibility index (Phi) is 6.19. The molecule has 0 bridgehead atoms. The summed E-state index contributed by atoms with van der Waals surface area (Å²) in [6, 6.07) is 9.61. The number of hydrogen-bond acceptors (Lipinski definition) is 4. The van der Waals surface area contributed by atoms with Crippen LogP contribution in [0.25, 0.3) is 11.6 Å². The van der Waals surface area contributed by atoms with E-state index in [0.717, 1.165) is 34.6 Å². The van der Waals surface area contributed by atoms with Crippen molar-refractivity contribution >= 4 is 69.1 Å². The summed E-state index contributed by atoms with van der Waals surface area (Å²) in [5.74, 6) is -0.189. The van der Waals surface area contributed by atoms with E-state index in [2.05, 4.69) is 55.0 Å². The van der Waals surface area contributed by atoms with Gasteiger partial charge in [-0.3, -0.25) is 4.79 Å². The van der Waals surface area contributed by atoms with Crippen LogP contribution in [0.15, 0.2) is 46.3 Å². The fraction of sp³-hybridized carbons (Fsp3) is 0.280. The predicted molar refractivity (Wildman–Crippen MR) is 139 cm³/mol. The van der Waals surface area contributed by atoms with E-state index in [-0.39, 0.29) is 11.4 Å². The number of rotatable bonds is 3. The van der Waals surface area contributed by atoms with E-state index in [1.165, 1.54) is 17.3 Å². The van der Waals surface area contributed by atoms with Crippen LogP contribution in [0.5, 0.6) is 0 Å². The molecule has 1 fully saturated rings. The number of amidine groups is 1. The summed E-state index contributed by atoms with van der Waals surface area (Å²) in [7, 11) is 0. The van der Waals surface area contributed by atoms with Gasteiger partial charge in [-0.05, 0) is 93.4 Å². The lowest BCUT2D eigenvalue weighted by atomic mass is 9.88. The van der Waals surface area contributed by atoms with Gasteiger partial charge in [0, 0.05) is 27.8 Å². The smallest absolute Gasteiger partial charge is 0.264 e. The molecule has 0 atom stereocenters. The van der Waals surface area contributed by atoms with E-state index in [4.69, 9.17) is 23.2 Å². The standard InChI is InChI=1S/C25H25Cl2N3OS/c1-6-30-21-12-19(27)16(10-17(21)14(2)13-25(30,4)5)11-22-23(31)29-24(32-22)28-20-9-7-8-18(26)15(20)3/h7-13H,6H2,1-5H3,(H,28,29,31)/b22-11+. The first-order valence-corrected chi connectivity index (χ1v) is 12.0. The first-order valence-electron chi connectivity index (χ1n) is 10.5. The lowest BCUT2D eigenvalue weighted by molar-refractivity contribution is -0.115. The number of fused-ring (bicyclic) bond motifs is 1. The van der Waals surface area contributed by atoms with Crippen LogP contribution in [-0.4, -0.2) is 23.2 Å². The maximum atomic E-state index is 12.6. The maximum absolute atomic E-state index is 12.6. The normalized spacial score (nSPS) is 19.9. The lowest BCUT2D eigenvalue weighted by Gasteiger charge is -2.43. The monoisotopic (exact) mass is 485 g/mol. The van der Waals surface area contributed by atoms with Crippen molar-refractivity contribution in [3.8, 4) is 0 Å². The van der Waals surface area contributed by atoms with Crippen molar-refractivity contribution in [1.29, 1.82) is 0 Å². The molecule has 32 heavy (non-hydrogen) atoms. The van der Waals surface area contributed by atoms with Gasteiger partial charge in [0.1, 0.15) is 0 Å². The van der Waals surface area contributed by atoms with Gasteiger partial charge in [0.05, 0.1) is 16.1 Å². The molecule has 7 heteroatoms. The van der Waals surface area contributed by atoms with E-state index in [9.17, 15) is 4.79 Å². The highest BCUT2D eigenvalue weighted by atomic mass is 35.5. The molecule has 4 nitrogen and oxygen atoms in total. The van der Waals surface area contributed by atoms with Gasteiger partial charge < -0.3 is 10.2 Å². The predicted octanol–water partition coefficient (Wildman–Crippen LogP) is 7.22. The minimum absolute atomic E-state index is 0.0832. The van der Waals surface area contributed by atoms with Gasteiger partial charge in [0.25, 0.3) is 5.91 Å². The molecule has 2 heterocycles. The van der Waals surface area contributed by atoms with Crippen LogP contribution in [-0.2, 0) is 4.79 Å². The SMILES string of the molecule is CCN1c2cc(Cl)c(/C=C3/SC(=Nc4cccc(Cl)c4C)NC3=O)cc2C(C)=CC1(C)C. The Balaban J connectivity index is 1.69. The van der Waals surface area contributed by atoms with Crippen molar-refractivity contribution in [2.45, 2.75) is 40.2 Å². The van der Waals surface area contributed by atoms with Crippen molar-refractivity contribution in [3.63, 3.8) is 0 Å². The highest BCUT2D eigenvalue weighted by molar-refractivity contribution is 8.18.